The molecule has 0 radical (unpaired) electrons. The lowest BCUT2D eigenvalue weighted by Gasteiger charge is -2.21. The molecule has 0 aromatic carbocycles. The Labute approximate surface area is 97.3 Å². The van der Waals surface area contributed by atoms with Crippen molar-refractivity contribution in [1.29, 1.82) is 0 Å². The summed E-state index contributed by atoms with van der Waals surface area (Å²) < 4.78 is 5.16. The van der Waals surface area contributed by atoms with Gasteiger partial charge in [-0.05, 0) is 45.6 Å². The molecule has 0 heterocycles. The maximum atomic E-state index is 11.4. The van der Waals surface area contributed by atoms with Crippen molar-refractivity contribution in [2.24, 2.45) is 0 Å². The summed E-state index contributed by atoms with van der Waals surface area (Å²) in [6.07, 6.45) is 0.661. The minimum atomic E-state index is -0.415. The lowest BCUT2D eigenvalue weighted by atomic mass is 10.2. The Kier molecular flexibility index (Phi) is 6.81. The molecule has 1 atom stereocenters. The highest BCUT2D eigenvalue weighted by molar-refractivity contribution is 7.99. The van der Waals surface area contributed by atoms with Gasteiger partial charge in [-0.25, -0.2) is 4.79 Å². The third kappa shape index (κ3) is 9.91. The van der Waals surface area contributed by atoms with Crippen LogP contribution in [0, 0.1) is 0 Å². The summed E-state index contributed by atoms with van der Waals surface area (Å²) in [6.45, 7) is 9.73. The van der Waals surface area contributed by atoms with Gasteiger partial charge in [-0.3, -0.25) is 0 Å². The minimum Gasteiger partial charge on any atom is -0.444 e. The van der Waals surface area contributed by atoms with E-state index in [9.17, 15) is 4.79 Å². The summed E-state index contributed by atoms with van der Waals surface area (Å²) in [7, 11) is 0. The van der Waals surface area contributed by atoms with E-state index in [-0.39, 0.29) is 12.1 Å². The highest BCUT2D eigenvalue weighted by atomic mass is 32.2. The molecule has 1 unspecified atom stereocenters. The van der Waals surface area contributed by atoms with Crippen molar-refractivity contribution in [1.82, 2.24) is 5.32 Å². The molecule has 4 heteroatoms. The number of nitrogens with one attached hydrogen (secondary N) is 1. The number of rotatable bonds is 5. The van der Waals surface area contributed by atoms with Crippen LogP contribution < -0.4 is 5.32 Å². The van der Waals surface area contributed by atoms with E-state index in [1.165, 1.54) is 0 Å². The maximum absolute atomic E-state index is 11.4. The van der Waals surface area contributed by atoms with Crippen molar-refractivity contribution in [2.75, 3.05) is 11.5 Å². The first-order valence-electron chi connectivity index (χ1n) is 5.42. The molecule has 0 aliphatic carbocycles. The Morgan fingerprint density at radius 1 is 1.47 bits per heavy atom. The first kappa shape index (κ1) is 14.6. The number of amides is 1. The van der Waals surface area contributed by atoms with Gasteiger partial charge in [0, 0.05) is 6.04 Å². The van der Waals surface area contributed by atoms with Crippen molar-refractivity contribution in [3.8, 4) is 0 Å². The highest BCUT2D eigenvalue weighted by Gasteiger charge is 2.17. The van der Waals surface area contributed by atoms with Crippen molar-refractivity contribution in [2.45, 2.75) is 52.7 Å². The maximum Gasteiger partial charge on any atom is 0.407 e. The van der Waals surface area contributed by atoms with Crippen LogP contribution in [-0.4, -0.2) is 29.2 Å². The number of hydrogen-bond donors (Lipinski definition) is 1. The quantitative estimate of drug-likeness (QED) is 0.742. The van der Waals surface area contributed by atoms with Gasteiger partial charge in [0.15, 0.2) is 0 Å². The van der Waals surface area contributed by atoms with Gasteiger partial charge in [-0.2, -0.15) is 11.8 Å². The van der Waals surface area contributed by atoms with Gasteiger partial charge in [0.25, 0.3) is 0 Å². The lowest BCUT2D eigenvalue weighted by Crippen LogP contribution is -2.37. The number of hydrogen-bond acceptors (Lipinski definition) is 3. The van der Waals surface area contributed by atoms with Gasteiger partial charge in [-0.1, -0.05) is 6.92 Å². The standard InChI is InChI=1S/C11H23NO2S/c1-6-15-8-7-9(2)12-10(13)14-11(3,4)5/h9H,6-8H2,1-5H3,(H,12,13). The predicted molar refractivity (Wildman–Crippen MR) is 66.4 cm³/mol. The largest absolute Gasteiger partial charge is 0.444 e. The molecule has 0 saturated heterocycles. The van der Waals surface area contributed by atoms with Gasteiger partial charge in [0.05, 0.1) is 0 Å². The van der Waals surface area contributed by atoms with Gasteiger partial charge in [0.1, 0.15) is 5.60 Å². The molecule has 0 aromatic rings. The van der Waals surface area contributed by atoms with Crippen LogP contribution in [0.5, 0.6) is 0 Å². The molecule has 0 aliphatic heterocycles. The minimum absolute atomic E-state index is 0.180. The lowest BCUT2D eigenvalue weighted by molar-refractivity contribution is 0.0508. The molecule has 0 bridgehead atoms. The van der Waals surface area contributed by atoms with Gasteiger partial charge in [-0.15, -0.1) is 0 Å². The fraction of sp³-hybridized carbons (Fsp3) is 0.909. The Bertz CT molecular complexity index is 190. The van der Waals surface area contributed by atoms with Crippen molar-refractivity contribution < 1.29 is 9.53 Å². The van der Waals surface area contributed by atoms with Crippen molar-refractivity contribution in [3.05, 3.63) is 0 Å². The summed E-state index contributed by atoms with van der Waals surface area (Å²) in [4.78, 5) is 11.4. The van der Waals surface area contributed by atoms with Crippen LogP contribution in [0.2, 0.25) is 0 Å². The zero-order chi connectivity index (χ0) is 11.9. The van der Waals surface area contributed by atoms with E-state index in [1.807, 2.05) is 39.5 Å². The number of carbonyl (C=O) groups excluding carboxylic acids is 1. The molecule has 0 aromatic heterocycles. The van der Waals surface area contributed by atoms with E-state index >= 15 is 0 Å². The number of alkyl carbamates (subject to hydrolysis) is 1. The first-order valence-corrected chi connectivity index (χ1v) is 6.58. The Balaban J connectivity index is 3.67. The molecular formula is C11H23NO2S. The summed E-state index contributed by atoms with van der Waals surface area (Å²) in [5.41, 5.74) is -0.415. The van der Waals surface area contributed by atoms with Crippen LogP contribution in [-0.2, 0) is 4.74 Å². The average molecular weight is 233 g/mol. The number of thioether (sulfide) groups is 1. The molecule has 15 heavy (non-hydrogen) atoms. The molecule has 1 amide bonds. The second-order valence-corrected chi connectivity index (χ2v) is 5.93. The third-order valence-corrected chi connectivity index (χ3v) is 2.60. The third-order valence-electron chi connectivity index (χ3n) is 1.66. The first-order chi connectivity index (χ1) is 6.85. The SMILES string of the molecule is CCSCCC(C)NC(=O)OC(C)(C)C. The second kappa shape index (κ2) is 6.99. The zero-order valence-electron chi connectivity index (χ0n) is 10.4. The normalized spacial score (nSPS) is 13.4. The van der Waals surface area contributed by atoms with E-state index < -0.39 is 5.60 Å². The fourth-order valence-electron chi connectivity index (χ4n) is 0.985. The molecule has 1 N–H and O–H groups in total. The van der Waals surface area contributed by atoms with E-state index in [0.717, 1.165) is 17.9 Å². The van der Waals surface area contributed by atoms with Crippen LogP contribution in [0.25, 0.3) is 0 Å². The number of ether oxygens (including phenoxy) is 1. The zero-order valence-corrected chi connectivity index (χ0v) is 11.2. The summed E-state index contributed by atoms with van der Waals surface area (Å²) in [5, 5.41) is 2.82. The number of carbonyl (C=O) groups is 1. The molecule has 90 valence electrons. The molecule has 0 aliphatic rings. The Morgan fingerprint density at radius 2 is 2.07 bits per heavy atom. The molecule has 0 spiro atoms. The second-order valence-electron chi connectivity index (χ2n) is 4.53. The highest BCUT2D eigenvalue weighted by Crippen LogP contribution is 2.08. The van der Waals surface area contributed by atoms with Crippen molar-refractivity contribution >= 4 is 17.9 Å². The molecule has 0 fully saturated rings. The van der Waals surface area contributed by atoms with E-state index in [0.29, 0.717) is 0 Å². The predicted octanol–water partition coefficient (Wildman–Crippen LogP) is 3.04. The van der Waals surface area contributed by atoms with E-state index in [4.69, 9.17) is 4.74 Å². The molecular weight excluding hydrogens is 210 g/mol. The van der Waals surface area contributed by atoms with Gasteiger partial charge < -0.3 is 10.1 Å². The molecule has 0 saturated carbocycles. The Hall–Kier alpha value is -0.380. The summed E-state index contributed by atoms with van der Waals surface area (Å²) in [5.74, 6) is 2.20. The van der Waals surface area contributed by atoms with E-state index in [2.05, 4.69) is 12.2 Å². The summed E-state index contributed by atoms with van der Waals surface area (Å²) >= 11 is 1.88. The van der Waals surface area contributed by atoms with Crippen LogP contribution in [0.3, 0.4) is 0 Å². The average Bonchev–Trinajstić information content (AvgIpc) is 2.00. The Morgan fingerprint density at radius 3 is 2.53 bits per heavy atom. The molecule has 3 nitrogen and oxygen atoms in total. The van der Waals surface area contributed by atoms with Crippen LogP contribution in [0.15, 0.2) is 0 Å². The van der Waals surface area contributed by atoms with E-state index in [1.54, 1.807) is 0 Å². The van der Waals surface area contributed by atoms with Crippen LogP contribution >= 0.6 is 11.8 Å². The molecule has 0 rings (SSSR count). The monoisotopic (exact) mass is 233 g/mol. The fourth-order valence-corrected chi connectivity index (χ4v) is 1.79. The summed E-state index contributed by atoms with van der Waals surface area (Å²) in [6, 6.07) is 0.180. The smallest absolute Gasteiger partial charge is 0.407 e. The van der Waals surface area contributed by atoms with Crippen LogP contribution in [0.1, 0.15) is 41.0 Å². The van der Waals surface area contributed by atoms with Crippen molar-refractivity contribution in [3.63, 3.8) is 0 Å². The topological polar surface area (TPSA) is 38.3 Å². The van der Waals surface area contributed by atoms with Crippen LogP contribution in [0.4, 0.5) is 4.79 Å². The van der Waals surface area contributed by atoms with Gasteiger partial charge >= 0.3 is 6.09 Å². The van der Waals surface area contributed by atoms with Gasteiger partial charge in [0.2, 0.25) is 0 Å².